The summed E-state index contributed by atoms with van der Waals surface area (Å²) in [5, 5.41) is 14.6. The van der Waals surface area contributed by atoms with E-state index in [-0.39, 0.29) is 17.5 Å². The molecule has 1 aliphatic carbocycles. The lowest BCUT2D eigenvalue weighted by Gasteiger charge is -2.26. The number of aromatic nitrogens is 3. The molecule has 1 saturated carbocycles. The monoisotopic (exact) mass is 293 g/mol. The third-order valence-corrected chi connectivity index (χ3v) is 4.12. The lowest BCUT2D eigenvalue weighted by Crippen LogP contribution is -2.45. The van der Waals surface area contributed by atoms with E-state index in [1.807, 2.05) is 27.0 Å². The van der Waals surface area contributed by atoms with Crippen LogP contribution in [-0.4, -0.2) is 33.0 Å². The Hall–Kier alpha value is -1.43. The first-order valence-electron chi connectivity index (χ1n) is 7.84. The summed E-state index contributed by atoms with van der Waals surface area (Å²) in [5.41, 5.74) is 0.686. The van der Waals surface area contributed by atoms with E-state index in [2.05, 4.69) is 27.9 Å². The third kappa shape index (κ3) is 4.81. The van der Waals surface area contributed by atoms with Gasteiger partial charge < -0.3 is 10.6 Å². The Labute approximate surface area is 126 Å². The summed E-state index contributed by atoms with van der Waals surface area (Å²) < 4.78 is 1.63. The van der Waals surface area contributed by atoms with Crippen LogP contribution in [0.4, 0.5) is 0 Å². The van der Waals surface area contributed by atoms with Gasteiger partial charge in [0.2, 0.25) is 5.91 Å². The van der Waals surface area contributed by atoms with Gasteiger partial charge >= 0.3 is 0 Å². The van der Waals surface area contributed by atoms with Crippen LogP contribution < -0.4 is 10.6 Å². The molecule has 2 rings (SSSR count). The number of nitrogens with zero attached hydrogens (tertiary/aromatic N) is 3. The number of rotatable bonds is 8. The smallest absolute Gasteiger partial charge is 0.245 e. The maximum atomic E-state index is 12.2. The molecule has 1 unspecified atom stereocenters. The average molecular weight is 293 g/mol. The molecule has 6 nitrogen and oxygen atoms in total. The van der Waals surface area contributed by atoms with Gasteiger partial charge in [-0.1, -0.05) is 12.1 Å². The normalized spacial score (nSPS) is 16.8. The van der Waals surface area contributed by atoms with E-state index in [1.165, 1.54) is 12.8 Å². The topological polar surface area (TPSA) is 71.8 Å². The molecule has 0 spiro atoms. The predicted octanol–water partition coefficient (Wildman–Crippen LogP) is 1.64. The maximum Gasteiger partial charge on any atom is 0.245 e. The van der Waals surface area contributed by atoms with E-state index in [9.17, 15) is 4.79 Å². The molecule has 6 heteroatoms. The number of nitrogens with one attached hydrogen (secondary N) is 2. The van der Waals surface area contributed by atoms with E-state index >= 15 is 0 Å². The first-order chi connectivity index (χ1) is 9.91. The molecule has 0 aliphatic heterocycles. The van der Waals surface area contributed by atoms with Crippen molar-refractivity contribution < 1.29 is 4.79 Å². The average Bonchev–Trinajstić information content (AvgIpc) is 3.14. The highest BCUT2D eigenvalue weighted by atomic mass is 16.2. The van der Waals surface area contributed by atoms with Crippen LogP contribution in [0.15, 0.2) is 6.20 Å². The van der Waals surface area contributed by atoms with Gasteiger partial charge in [-0.15, -0.1) is 5.10 Å². The number of hydrogen-bond donors (Lipinski definition) is 2. The van der Waals surface area contributed by atoms with Crippen molar-refractivity contribution in [2.24, 2.45) is 5.92 Å². The molecule has 0 aromatic carbocycles. The molecule has 1 amide bonds. The third-order valence-electron chi connectivity index (χ3n) is 4.12. The molecule has 0 radical (unpaired) electrons. The van der Waals surface area contributed by atoms with Crippen molar-refractivity contribution in [3.8, 4) is 0 Å². The number of amides is 1. The van der Waals surface area contributed by atoms with Crippen molar-refractivity contribution in [2.45, 2.75) is 65.1 Å². The molecule has 1 fully saturated rings. The van der Waals surface area contributed by atoms with Gasteiger partial charge in [-0.05, 0) is 52.5 Å². The van der Waals surface area contributed by atoms with E-state index in [1.54, 1.807) is 4.68 Å². The van der Waals surface area contributed by atoms with Crippen LogP contribution in [0.25, 0.3) is 0 Å². The Balaban J connectivity index is 1.85. The second-order valence-corrected chi connectivity index (χ2v) is 6.67. The fraction of sp³-hybridized carbons (Fsp3) is 0.800. The highest BCUT2D eigenvalue weighted by Crippen LogP contribution is 2.27. The minimum atomic E-state index is -0.347. The zero-order chi connectivity index (χ0) is 15.5. The minimum Gasteiger partial charge on any atom is -0.349 e. The van der Waals surface area contributed by atoms with Gasteiger partial charge in [-0.25, -0.2) is 4.68 Å². The Morgan fingerprint density at radius 2 is 2.24 bits per heavy atom. The van der Waals surface area contributed by atoms with Crippen LogP contribution in [0.5, 0.6) is 0 Å². The number of carbonyl (C=O) groups is 1. The van der Waals surface area contributed by atoms with Crippen LogP contribution in [0.1, 0.15) is 58.7 Å². The fourth-order valence-electron chi connectivity index (χ4n) is 1.96. The summed E-state index contributed by atoms with van der Waals surface area (Å²) >= 11 is 0. The van der Waals surface area contributed by atoms with Crippen LogP contribution in [0, 0.1) is 5.92 Å². The summed E-state index contributed by atoms with van der Waals surface area (Å²) in [7, 11) is 0. The molecule has 1 aromatic rings. The molecule has 0 bridgehead atoms. The maximum absolute atomic E-state index is 12.2. The fourth-order valence-corrected chi connectivity index (χ4v) is 1.96. The summed E-state index contributed by atoms with van der Waals surface area (Å²) in [6.07, 6.45) is 5.41. The summed E-state index contributed by atoms with van der Waals surface area (Å²) in [6.45, 7) is 9.71. The van der Waals surface area contributed by atoms with Gasteiger partial charge in [0.1, 0.15) is 6.04 Å². The quantitative estimate of drug-likeness (QED) is 0.764. The van der Waals surface area contributed by atoms with Crippen molar-refractivity contribution in [3.63, 3.8) is 0 Å². The largest absolute Gasteiger partial charge is 0.349 e. The second kappa shape index (κ2) is 6.56. The van der Waals surface area contributed by atoms with Crippen molar-refractivity contribution in [1.82, 2.24) is 25.6 Å². The summed E-state index contributed by atoms with van der Waals surface area (Å²) in [6, 6.07) is -0.347. The van der Waals surface area contributed by atoms with Gasteiger partial charge in [-0.2, -0.15) is 0 Å². The first kappa shape index (κ1) is 15.9. The Morgan fingerprint density at radius 3 is 2.86 bits per heavy atom. The molecule has 0 saturated heterocycles. The second-order valence-electron chi connectivity index (χ2n) is 6.67. The molecular weight excluding hydrogens is 266 g/mol. The van der Waals surface area contributed by atoms with E-state index in [0.29, 0.717) is 6.54 Å². The highest BCUT2D eigenvalue weighted by molar-refractivity contribution is 5.80. The SMILES string of the molecule is CCC(C)(C)NC(=O)C(C)n1cc(CNCC2CC2)nn1. The van der Waals surface area contributed by atoms with Crippen molar-refractivity contribution in [1.29, 1.82) is 0 Å². The van der Waals surface area contributed by atoms with Gasteiger partial charge in [0.05, 0.1) is 11.9 Å². The van der Waals surface area contributed by atoms with E-state index in [4.69, 9.17) is 0 Å². The zero-order valence-corrected chi connectivity index (χ0v) is 13.5. The predicted molar refractivity (Wildman–Crippen MR) is 81.7 cm³/mol. The van der Waals surface area contributed by atoms with Gasteiger partial charge in [0, 0.05) is 12.1 Å². The molecule has 1 heterocycles. The first-order valence-corrected chi connectivity index (χ1v) is 7.84. The molecular formula is C15H27N5O. The van der Waals surface area contributed by atoms with Crippen molar-refractivity contribution in [3.05, 3.63) is 11.9 Å². The standard InChI is InChI=1S/C15H27N5O/c1-5-15(3,4)17-14(21)11(2)20-10-13(18-19-20)9-16-8-12-6-7-12/h10-12,16H,5-9H2,1-4H3,(H,17,21). The van der Waals surface area contributed by atoms with Crippen LogP contribution in [0.2, 0.25) is 0 Å². The number of hydrogen-bond acceptors (Lipinski definition) is 4. The molecule has 21 heavy (non-hydrogen) atoms. The van der Waals surface area contributed by atoms with Crippen LogP contribution in [-0.2, 0) is 11.3 Å². The summed E-state index contributed by atoms with van der Waals surface area (Å²) in [5.74, 6) is 0.824. The lowest BCUT2D eigenvalue weighted by molar-refractivity contribution is -0.125. The Kier molecular flexibility index (Phi) is 4.98. The van der Waals surface area contributed by atoms with Crippen LogP contribution in [0.3, 0.4) is 0 Å². The van der Waals surface area contributed by atoms with Gasteiger partial charge in [0.25, 0.3) is 0 Å². The van der Waals surface area contributed by atoms with Crippen LogP contribution >= 0.6 is 0 Å². The Bertz CT molecular complexity index is 478. The lowest BCUT2D eigenvalue weighted by atomic mass is 10.0. The minimum absolute atomic E-state index is 0.0239. The molecule has 1 atom stereocenters. The molecule has 1 aromatic heterocycles. The molecule has 1 aliphatic rings. The van der Waals surface area contributed by atoms with Crippen molar-refractivity contribution in [2.75, 3.05) is 6.54 Å². The van der Waals surface area contributed by atoms with E-state index in [0.717, 1.165) is 24.6 Å². The molecule has 118 valence electrons. The number of carbonyl (C=O) groups excluding carboxylic acids is 1. The van der Waals surface area contributed by atoms with Gasteiger partial charge in [-0.3, -0.25) is 4.79 Å². The van der Waals surface area contributed by atoms with Gasteiger partial charge in [0.15, 0.2) is 0 Å². The Morgan fingerprint density at radius 1 is 1.52 bits per heavy atom. The highest BCUT2D eigenvalue weighted by Gasteiger charge is 2.24. The van der Waals surface area contributed by atoms with Crippen molar-refractivity contribution >= 4 is 5.91 Å². The van der Waals surface area contributed by atoms with E-state index < -0.39 is 0 Å². The molecule has 2 N–H and O–H groups in total. The zero-order valence-electron chi connectivity index (χ0n) is 13.5. The summed E-state index contributed by atoms with van der Waals surface area (Å²) in [4.78, 5) is 12.2.